The van der Waals surface area contributed by atoms with Crippen molar-refractivity contribution in [2.24, 2.45) is 23.5 Å². The Kier molecular flexibility index (Phi) is 3.56. The van der Waals surface area contributed by atoms with E-state index >= 15 is 0 Å². The largest absolute Gasteiger partial charge is 0.370 e. The quantitative estimate of drug-likeness (QED) is 0.898. The van der Waals surface area contributed by atoms with E-state index in [1.807, 2.05) is 0 Å². The van der Waals surface area contributed by atoms with E-state index in [1.54, 1.807) is 0 Å². The summed E-state index contributed by atoms with van der Waals surface area (Å²) in [5, 5.41) is 0. The van der Waals surface area contributed by atoms with Gasteiger partial charge in [0.25, 0.3) is 0 Å². The fourth-order valence-corrected chi connectivity index (χ4v) is 3.97. The normalized spacial score (nSPS) is 30.4. The Morgan fingerprint density at radius 2 is 1.79 bits per heavy atom. The molecule has 1 aromatic carbocycles. The predicted molar refractivity (Wildman–Crippen MR) is 75.2 cm³/mol. The summed E-state index contributed by atoms with van der Waals surface area (Å²) in [5.41, 5.74) is 6.77. The SMILES string of the molecule is NC(=O)CC1C2CCC1CN(Cc1ccccc1)C2. The molecule has 3 rings (SSSR count). The summed E-state index contributed by atoms with van der Waals surface area (Å²) in [4.78, 5) is 13.7. The third-order valence-corrected chi connectivity index (χ3v) is 4.79. The van der Waals surface area contributed by atoms with Crippen LogP contribution in [0.5, 0.6) is 0 Å². The Labute approximate surface area is 114 Å². The van der Waals surface area contributed by atoms with Gasteiger partial charge >= 0.3 is 0 Å². The van der Waals surface area contributed by atoms with Gasteiger partial charge in [-0.05, 0) is 36.2 Å². The average Bonchev–Trinajstić information content (AvgIpc) is 2.62. The van der Waals surface area contributed by atoms with Crippen LogP contribution in [0, 0.1) is 17.8 Å². The highest BCUT2D eigenvalue weighted by Gasteiger charge is 2.42. The van der Waals surface area contributed by atoms with Crippen molar-refractivity contribution in [2.75, 3.05) is 13.1 Å². The summed E-state index contributed by atoms with van der Waals surface area (Å²) in [7, 11) is 0. The van der Waals surface area contributed by atoms with Crippen LogP contribution in [0.1, 0.15) is 24.8 Å². The Hall–Kier alpha value is -1.35. The molecule has 19 heavy (non-hydrogen) atoms. The fourth-order valence-electron chi connectivity index (χ4n) is 3.97. The van der Waals surface area contributed by atoms with Gasteiger partial charge in [0.1, 0.15) is 0 Å². The molecule has 2 atom stereocenters. The average molecular weight is 258 g/mol. The van der Waals surface area contributed by atoms with Gasteiger partial charge in [-0.3, -0.25) is 9.69 Å². The first kappa shape index (κ1) is 12.7. The van der Waals surface area contributed by atoms with Crippen LogP contribution in [-0.2, 0) is 11.3 Å². The third-order valence-electron chi connectivity index (χ3n) is 4.79. The highest BCUT2D eigenvalue weighted by molar-refractivity contribution is 5.74. The van der Waals surface area contributed by atoms with Crippen molar-refractivity contribution >= 4 is 5.91 Å². The molecule has 2 bridgehead atoms. The Morgan fingerprint density at radius 3 is 2.37 bits per heavy atom. The zero-order valence-corrected chi connectivity index (χ0v) is 11.3. The maximum atomic E-state index is 11.2. The molecular formula is C16H22N2O. The van der Waals surface area contributed by atoms with Crippen molar-refractivity contribution in [1.82, 2.24) is 4.90 Å². The van der Waals surface area contributed by atoms with Crippen molar-refractivity contribution in [3.8, 4) is 0 Å². The van der Waals surface area contributed by atoms with Crippen LogP contribution in [0.25, 0.3) is 0 Å². The van der Waals surface area contributed by atoms with Gasteiger partial charge < -0.3 is 5.73 Å². The van der Waals surface area contributed by atoms with Crippen molar-refractivity contribution in [3.63, 3.8) is 0 Å². The minimum Gasteiger partial charge on any atom is -0.370 e. The molecule has 1 heterocycles. The zero-order chi connectivity index (χ0) is 13.2. The van der Waals surface area contributed by atoms with Gasteiger partial charge in [0, 0.05) is 26.1 Å². The van der Waals surface area contributed by atoms with Crippen LogP contribution in [0.4, 0.5) is 0 Å². The molecule has 1 aliphatic heterocycles. The summed E-state index contributed by atoms with van der Waals surface area (Å²) in [5.74, 6) is 1.77. The van der Waals surface area contributed by atoms with Gasteiger partial charge in [-0.1, -0.05) is 30.3 Å². The van der Waals surface area contributed by atoms with Crippen molar-refractivity contribution in [2.45, 2.75) is 25.8 Å². The van der Waals surface area contributed by atoms with E-state index in [4.69, 9.17) is 5.73 Å². The number of nitrogens with two attached hydrogens (primary N) is 1. The lowest BCUT2D eigenvalue weighted by molar-refractivity contribution is -0.120. The number of piperidine rings is 1. The number of carbonyl (C=O) groups is 1. The number of amides is 1. The molecule has 1 saturated heterocycles. The van der Waals surface area contributed by atoms with Crippen molar-refractivity contribution in [3.05, 3.63) is 35.9 Å². The van der Waals surface area contributed by atoms with E-state index < -0.39 is 0 Å². The number of carbonyl (C=O) groups excluding carboxylic acids is 1. The monoisotopic (exact) mass is 258 g/mol. The van der Waals surface area contributed by atoms with Gasteiger partial charge in [0.2, 0.25) is 5.91 Å². The number of benzene rings is 1. The highest BCUT2D eigenvalue weighted by Crippen LogP contribution is 2.43. The van der Waals surface area contributed by atoms with Gasteiger partial charge in [-0.25, -0.2) is 0 Å². The molecule has 1 aliphatic carbocycles. The molecular weight excluding hydrogens is 236 g/mol. The molecule has 1 saturated carbocycles. The molecule has 2 fully saturated rings. The number of likely N-dealkylation sites (tertiary alicyclic amines) is 1. The number of primary amides is 1. The van der Waals surface area contributed by atoms with Crippen LogP contribution < -0.4 is 5.73 Å². The molecule has 2 N–H and O–H groups in total. The van der Waals surface area contributed by atoms with Gasteiger partial charge in [-0.15, -0.1) is 0 Å². The lowest BCUT2D eigenvalue weighted by Crippen LogP contribution is -2.42. The van der Waals surface area contributed by atoms with Crippen molar-refractivity contribution < 1.29 is 4.79 Å². The Bertz CT molecular complexity index is 431. The molecule has 0 spiro atoms. The predicted octanol–water partition coefficient (Wildman–Crippen LogP) is 2.02. The molecule has 2 aliphatic rings. The second kappa shape index (κ2) is 5.33. The van der Waals surface area contributed by atoms with Crippen LogP contribution in [0.3, 0.4) is 0 Å². The van der Waals surface area contributed by atoms with E-state index in [9.17, 15) is 4.79 Å². The van der Waals surface area contributed by atoms with Gasteiger partial charge in [0.05, 0.1) is 0 Å². The number of hydrogen-bond acceptors (Lipinski definition) is 2. The van der Waals surface area contributed by atoms with E-state index in [1.165, 1.54) is 18.4 Å². The molecule has 0 aromatic heterocycles. The topological polar surface area (TPSA) is 46.3 Å². The van der Waals surface area contributed by atoms with Gasteiger partial charge in [0.15, 0.2) is 0 Å². The second-order valence-electron chi connectivity index (χ2n) is 6.11. The highest BCUT2D eigenvalue weighted by atomic mass is 16.1. The van der Waals surface area contributed by atoms with Gasteiger partial charge in [-0.2, -0.15) is 0 Å². The smallest absolute Gasteiger partial charge is 0.217 e. The first-order valence-corrected chi connectivity index (χ1v) is 7.27. The lowest BCUT2D eigenvalue weighted by atomic mass is 9.82. The van der Waals surface area contributed by atoms with E-state index in [2.05, 4.69) is 35.2 Å². The standard InChI is InChI=1S/C16H22N2O/c17-16(19)8-15-13-6-7-14(15)11-18(10-13)9-12-4-2-1-3-5-12/h1-5,13-15H,6-11H2,(H2,17,19). The molecule has 3 nitrogen and oxygen atoms in total. The molecule has 0 radical (unpaired) electrons. The Morgan fingerprint density at radius 1 is 1.16 bits per heavy atom. The first-order valence-electron chi connectivity index (χ1n) is 7.27. The molecule has 1 amide bonds. The summed E-state index contributed by atoms with van der Waals surface area (Å²) in [6.07, 6.45) is 3.14. The Balaban J connectivity index is 1.63. The maximum Gasteiger partial charge on any atom is 0.217 e. The second-order valence-corrected chi connectivity index (χ2v) is 6.11. The maximum absolute atomic E-state index is 11.2. The van der Waals surface area contributed by atoms with Crippen LogP contribution in [0.2, 0.25) is 0 Å². The summed E-state index contributed by atoms with van der Waals surface area (Å²) >= 11 is 0. The minimum absolute atomic E-state index is 0.126. The van der Waals surface area contributed by atoms with E-state index in [0.29, 0.717) is 24.2 Å². The zero-order valence-electron chi connectivity index (χ0n) is 11.3. The number of nitrogens with zero attached hydrogens (tertiary/aromatic N) is 1. The fraction of sp³-hybridized carbons (Fsp3) is 0.562. The summed E-state index contributed by atoms with van der Waals surface area (Å²) in [6, 6.07) is 10.6. The van der Waals surface area contributed by atoms with Crippen molar-refractivity contribution in [1.29, 1.82) is 0 Å². The molecule has 2 unspecified atom stereocenters. The number of hydrogen-bond donors (Lipinski definition) is 1. The first-order chi connectivity index (χ1) is 9.22. The van der Waals surface area contributed by atoms with Crippen LogP contribution >= 0.6 is 0 Å². The molecule has 102 valence electrons. The van der Waals surface area contributed by atoms with E-state index in [0.717, 1.165) is 19.6 Å². The number of rotatable bonds is 4. The molecule has 3 heteroatoms. The minimum atomic E-state index is -0.126. The van der Waals surface area contributed by atoms with Crippen LogP contribution in [0.15, 0.2) is 30.3 Å². The van der Waals surface area contributed by atoms with Crippen LogP contribution in [-0.4, -0.2) is 23.9 Å². The summed E-state index contributed by atoms with van der Waals surface area (Å²) < 4.78 is 0. The number of fused-ring (bicyclic) bond motifs is 2. The third kappa shape index (κ3) is 2.81. The molecule has 1 aromatic rings. The lowest BCUT2D eigenvalue weighted by Gasteiger charge is -2.37. The van der Waals surface area contributed by atoms with E-state index in [-0.39, 0.29) is 5.91 Å². The summed E-state index contributed by atoms with van der Waals surface area (Å²) in [6.45, 7) is 3.30.